The molecule has 3 nitrogen and oxygen atoms in total. The predicted octanol–water partition coefficient (Wildman–Crippen LogP) is 4.08. The summed E-state index contributed by atoms with van der Waals surface area (Å²) in [7, 11) is 0. The summed E-state index contributed by atoms with van der Waals surface area (Å²) in [4.78, 5) is 12.0. The van der Waals surface area contributed by atoms with Crippen LogP contribution in [0.5, 0.6) is 0 Å². The number of amides is 2. The molecule has 6 heteroatoms. The summed E-state index contributed by atoms with van der Waals surface area (Å²) in [5, 5.41) is 5.63. The number of halogens is 3. The fourth-order valence-electron chi connectivity index (χ4n) is 3.94. The Bertz CT molecular complexity index is 605. The zero-order valence-corrected chi connectivity index (χ0v) is 13.3. The molecule has 3 aliphatic rings. The first-order valence-electron chi connectivity index (χ1n) is 7.86. The molecule has 0 aliphatic heterocycles. The van der Waals surface area contributed by atoms with Gasteiger partial charge in [0.2, 0.25) is 0 Å². The van der Waals surface area contributed by atoms with Crippen LogP contribution < -0.4 is 10.6 Å². The molecule has 0 unspecified atom stereocenters. The number of hydrogen-bond donors (Lipinski definition) is 2. The Balaban J connectivity index is 1.49. The maximum atomic E-state index is 12.6. The molecule has 0 heterocycles. The molecule has 0 aromatic heterocycles. The van der Waals surface area contributed by atoms with Crippen LogP contribution in [0, 0.1) is 11.3 Å². The summed E-state index contributed by atoms with van der Waals surface area (Å²) < 4.78 is 37.9. The molecule has 126 valence electrons. The highest BCUT2D eigenvalue weighted by Gasteiger charge is 2.69. The van der Waals surface area contributed by atoms with E-state index in [1.807, 2.05) is 0 Å². The smallest absolute Gasteiger partial charge is 0.334 e. The molecule has 1 aromatic rings. The van der Waals surface area contributed by atoms with Gasteiger partial charge in [-0.3, -0.25) is 0 Å². The van der Waals surface area contributed by atoms with Gasteiger partial charge in [0, 0.05) is 12.1 Å². The van der Waals surface area contributed by atoms with Crippen LogP contribution in [-0.2, 0) is 12.7 Å². The summed E-state index contributed by atoms with van der Waals surface area (Å²) in [6, 6.07) is 4.71. The van der Waals surface area contributed by atoms with E-state index in [-0.39, 0.29) is 18.1 Å². The van der Waals surface area contributed by atoms with Gasteiger partial charge in [0.1, 0.15) is 0 Å². The van der Waals surface area contributed by atoms with E-state index < -0.39 is 11.7 Å². The summed E-state index contributed by atoms with van der Waals surface area (Å²) in [6.45, 7) is 4.49. The van der Waals surface area contributed by atoms with E-state index in [2.05, 4.69) is 24.5 Å². The third kappa shape index (κ3) is 2.91. The minimum atomic E-state index is -4.37. The second-order valence-corrected chi connectivity index (χ2v) is 7.33. The van der Waals surface area contributed by atoms with Crippen molar-refractivity contribution in [3.05, 3.63) is 35.4 Å². The van der Waals surface area contributed by atoms with Crippen LogP contribution in [-0.4, -0.2) is 11.6 Å². The molecule has 3 fully saturated rings. The van der Waals surface area contributed by atoms with Gasteiger partial charge >= 0.3 is 12.2 Å². The quantitative estimate of drug-likeness (QED) is 0.860. The number of rotatable bonds is 4. The Morgan fingerprint density at radius 3 is 2.48 bits per heavy atom. The molecule has 3 saturated carbocycles. The largest absolute Gasteiger partial charge is 0.416 e. The van der Waals surface area contributed by atoms with Crippen LogP contribution in [0.25, 0.3) is 0 Å². The molecule has 0 radical (unpaired) electrons. The van der Waals surface area contributed by atoms with Crippen molar-refractivity contribution in [1.82, 2.24) is 10.6 Å². The van der Waals surface area contributed by atoms with E-state index >= 15 is 0 Å². The summed E-state index contributed by atoms with van der Waals surface area (Å²) in [5.74, 6) is 0.624. The van der Waals surface area contributed by atoms with Gasteiger partial charge in [-0.25, -0.2) is 4.79 Å². The Labute approximate surface area is 133 Å². The van der Waals surface area contributed by atoms with Crippen molar-refractivity contribution in [2.24, 2.45) is 11.3 Å². The predicted molar refractivity (Wildman–Crippen MR) is 80.7 cm³/mol. The number of alkyl halides is 3. The maximum absolute atomic E-state index is 12.6. The zero-order valence-electron chi connectivity index (χ0n) is 13.3. The lowest BCUT2D eigenvalue weighted by Crippen LogP contribution is -2.76. The molecule has 1 aromatic carbocycles. The lowest BCUT2D eigenvalue weighted by Gasteiger charge is -2.72. The van der Waals surface area contributed by atoms with Crippen LogP contribution >= 0.6 is 0 Å². The molecule has 4 rings (SSSR count). The van der Waals surface area contributed by atoms with Gasteiger partial charge in [0.05, 0.1) is 5.56 Å². The first kappa shape index (κ1) is 16.1. The van der Waals surface area contributed by atoms with E-state index in [4.69, 9.17) is 0 Å². The first-order chi connectivity index (χ1) is 10.6. The SMILES string of the molecule is CC(C)C12CC(NC(=O)NCc3cccc(C(F)(F)F)c3)(C1)C2. The molecule has 2 amide bonds. The van der Waals surface area contributed by atoms with E-state index in [0.717, 1.165) is 31.4 Å². The van der Waals surface area contributed by atoms with Gasteiger partial charge in [-0.2, -0.15) is 13.2 Å². The third-order valence-electron chi connectivity index (χ3n) is 5.38. The molecule has 0 atom stereocenters. The van der Waals surface area contributed by atoms with Gasteiger partial charge in [-0.1, -0.05) is 26.0 Å². The van der Waals surface area contributed by atoms with Crippen molar-refractivity contribution in [1.29, 1.82) is 0 Å². The highest BCUT2D eigenvalue weighted by atomic mass is 19.4. The van der Waals surface area contributed by atoms with Crippen LogP contribution in [0.3, 0.4) is 0 Å². The highest BCUT2D eigenvalue weighted by Crippen LogP contribution is 2.70. The molecule has 23 heavy (non-hydrogen) atoms. The van der Waals surface area contributed by atoms with Gasteiger partial charge in [0.25, 0.3) is 0 Å². The average molecular weight is 326 g/mol. The molecular formula is C17H21F3N2O. The minimum absolute atomic E-state index is 0.0812. The van der Waals surface area contributed by atoms with Gasteiger partial charge in [-0.15, -0.1) is 0 Å². The molecular weight excluding hydrogens is 305 g/mol. The standard InChI is InChI=1S/C17H21F3N2O/c1-11(2)15-8-16(9-15,10-15)22-14(23)21-7-12-4-3-5-13(6-12)17(18,19)20/h3-6,11H,7-10H2,1-2H3,(H2,21,22,23). The fourth-order valence-corrected chi connectivity index (χ4v) is 3.94. The van der Waals surface area contributed by atoms with Crippen LogP contribution in [0.4, 0.5) is 18.0 Å². The summed E-state index contributed by atoms with van der Waals surface area (Å²) in [6.07, 6.45) is -1.34. The Kier molecular flexibility index (Phi) is 3.61. The molecule has 0 spiro atoms. The van der Waals surface area contributed by atoms with E-state index in [0.29, 0.717) is 16.9 Å². The molecule has 0 saturated heterocycles. The Morgan fingerprint density at radius 1 is 1.26 bits per heavy atom. The monoisotopic (exact) mass is 326 g/mol. The van der Waals surface area contributed by atoms with Gasteiger partial charge in [0.15, 0.2) is 0 Å². The number of benzene rings is 1. The zero-order chi connectivity index (χ0) is 16.9. The molecule has 2 bridgehead atoms. The average Bonchev–Trinajstić information content (AvgIpc) is 2.38. The number of hydrogen-bond acceptors (Lipinski definition) is 1. The number of carbonyl (C=O) groups excluding carboxylic acids is 1. The van der Waals surface area contributed by atoms with Crippen molar-refractivity contribution in [3.8, 4) is 0 Å². The highest BCUT2D eigenvalue weighted by molar-refractivity contribution is 5.75. The van der Waals surface area contributed by atoms with Crippen molar-refractivity contribution in [2.45, 2.75) is 51.4 Å². The number of nitrogens with one attached hydrogen (secondary N) is 2. The Morgan fingerprint density at radius 2 is 1.91 bits per heavy atom. The van der Waals surface area contributed by atoms with Gasteiger partial charge < -0.3 is 10.6 Å². The summed E-state index contributed by atoms with van der Waals surface area (Å²) >= 11 is 0. The van der Waals surface area contributed by atoms with E-state index in [9.17, 15) is 18.0 Å². The maximum Gasteiger partial charge on any atom is 0.416 e. The number of carbonyl (C=O) groups is 1. The van der Waals surface area contributed by atoms with Crippen LogP contribution in [0.2, 0.25) is 0 Å². The lowest BCUT2D eigenvalue weighted by atomic mass is 9.36. The van der Waals surface area contributed by atoms with Crippen LogP contribution in [0.15, 0.2) is 24.3 Å². The minimum Gasteiger partial charge on any atom is -0.334 e. The molecule has 2 N–H and O–H groups in total. The topological polar surface area (TPSA) is 41.1 Å². The number of urea groups is 1. The van der Waals surface area contributed by atoms with E-state index in [1.165, 1.54) is 6.07 Å². The fraction of sp³-hybridized carbons (Fsp3) is 0.588. The van der Waals surface area contributed by atoms with Crippen molar-refractivity contribution < 1.29 is 18.0 Å². The van der Waals surface area contributed by atoms with Crippen molar-refractivity contribution in [3.63, 3.8) is 0 Å². The molecule has 3 aliphatic carbocycles. The lowest BCUT2D eigenvalue weighted by molar-refractivity contribution is -0.176. The van der Waals surface area contributed by atoms with Crippen molar-refractivity contribution in [2.75, 3.05) is 0 Å². The second kappa shape index (κ2) is 5.14. The third-order valence-corrected chi connectivity index (χ3v) is 5.38. The van der Waals surface area contributed by atoms with Gasteiger partial charge in [-0.05, 0) is 48.3 Å². The summed E-state index contributed by atoms with van der Waals surface area (Å²) in [5.41, 5.74) is 0.0537. The normalized spacial score (nSPS) is 28.8. The van der Waals surface area contributed by atoms with E-state index in [1.54, 1.807) is 6.07 Å². The Hall–Kier alpha value is -1.72. The first-order valence-corrected chi connectivity index (χ1v) is 7.86. The second-order valence-electron chi connectivity index (χ2n) is 7.33. The van der Waals surface area contributed by atoms with Crippen molar-refractivity contribution >= 4 is 6.03 Å². The van der Waals surface area contributed by atoms with Crippen LogP contribution in [0.1, 0.15) is 44.2 Å².